The first-order valence-electron chi connectivity index (χ1n) is 6.96. The van der Waals surface area contributed by atoms with Crippen LogP contribution in [0.5, 0.6) is 0 Å². The predicted octanol–water partition coefficient (Wildman–Crippen LogP) is 6.70. The van der Waals surface area contributed by atoms with Crippen molar-refractivity contribution < 1.29 is 0 Å². The van der Waals surface area contributed by atoms with Crippen molar-refractivity contribution in [3.63, 3.8) is 0 Å². The van der Waals surface area contributed by atoms with Crippen molar-refractivity contribution in [2.45, 2.75) is 18.7 Å². The van der Waals surface area contributed by atoms with Gasteiger partial charge in [-0.25, -0.2) is 0 Å². The lowest BCUT2D eigenvalue weighted by Gasteiger charge is -2.19. The first-order valence-corrected chi connectivity index (χ1v) is 8.67. The van der Waals surface area contributed by atoms with Gasteiger partial charge in [0, 0.05) is 4.47 Å². The van der Waals surface area contributed by atoms with Gasteiger partial charge in [0.15, 0.2) is 0 Å². The molecule has 106 valence electrons. The van der Waals surface area contributed by atoms with Crippen LogP contribution in [0.15, 0.2) is 59.1 Å². The molecule has 0 fully saturated rings. The third-order valence-corrected chi connectivity index (χ3v) is 5.40. The van der Waals surface area contributed by atoms with Crippen molar-refractivity contribution in [1.29, 1.82) is 0 Å². The van der Waals surface area contributed by atoms with Crippen LogP contribution in [0.2, 0.25) is 0 Å². The van der Waals surface area contributed by atoms with E-state index < -0.39 is 0 Å². The molecule has 1 unspecified atom stereocenters. The highest BCUT2D eigenvalue weighted by molar-refractivity contribution is 9.10. The molecule has 0 saturated heterocycles. The summed E-state index contributed by atoms with van der Waals surface area (Å²) in [5.41, 5.74) is 5.28. The summed E-state index contributed by atoms with van der Waals surface area (Å²) in [4.78, 5) is 0.195. The van der Waals surface area contributed by atoms with Crippen LogP contribution in [0.4, 0.5) is 0 Å². The standard InChI is InChI=1S/C19H16Br2/c1-12-8-10-15(20)11-17(12)19(21)18-13(2)7-9-14-5-3-4-6-16(14)18/h3-11,19H,1-2H3. The van der Waals surface area contributed by atoms with E-state index in [9.17, 15) is 0 Å². The number of fused-ring (bicyclic) bond motifs is 1. The Labute approximate surface area is 142 Å². The maximum atomic E-state index is 3.93. The third-order valence-electron chi connectivity index (χ3n) is 3.96. The molecule has 0 amide bonds. The van der Waals surface area contributed by atoms with Crippen molar-refractivity contribution in [3.05, 3.63) is 81.3 Å². The average Bonchev–Trinajstić information content (AvgIpc) is 2.49. The van der Waals surface area contributed by atoms with Gasteiger partial charge in [0.05, 0.1) is 4.83 Å². The Morgan fingerprint density at radius 2 is 1.57 bits per heavy atom. The van der Waals surface area contributed by atoms with Crippen LogP contribution >= 0.6 is 31.9 Å². The molecule has 0 aromatic heterocycles. The molecule has 0 nitrogen and oxygen atoms in total. The van der Waals surface area contributed by atoms with Crippen LogP contribution in [0.25, 0.3) is 10.8 Å². The molecule has 0 spiro atoms. The Kier molecular flexibility index (Phi) is 4.19. The predicted molar refractivity (Wildman–Crippen MR) is 98.3 cm³/mol. The molecule has 0 aliphatic rings. The lowest BCUT2D eigenvalue weighted by molar-refractivity contribution is 1.13. The van der Waals surface area contributed by atoms with E-state index in [1.54, 1.807) is 0 Å². The van der Waals surface area contributed by atoms with Gasteiger partial charge < -0.3 is 0 Å². The van der Waals surface area contributed by atoms with Crippen molar-refractivity contribution in [2.75, 3.05) is 0 Å². The quantitative estimate of drug-likeness (QED) is 0.417. The molecule has 2 heteroatoms. The van der Waals surface area contributed by atoms with Gasteiger partial charge in [-0.2, -0.15) is 0 Å². The van der Waals surface area contributed by atoms with Crippen LogP contribution in [0.3, 0.4) is 0 Å². The summed E-state index contributed by atoms with van der Waals surface area (Å²) in [7, 11) is 0. The number of halogens is 2. The van der Waals surface area contributed by atoms with Crippen LogP contribution in [-0.4, -0.2) is 0 Å². The van der Waals surface area contributed by atoms with Crippen molar-refractivity contribution >= 4 is 42.6 Å². The molecule has 0 radical (unpaired) electrons. The molecule has 0 heterocycles. The second-order valence-corrected chi connectivity index (χ2v) is 7.21. The van der Waals surface area contributed by atoms with Gasteiger partial charge in [0.2, 0.25) is 0 Å². The fraction of sp³-hybridized carbons (Fsp3) is 0.158. The maximum absolute atomic E-state index is 3.93. The highest BCUT2D eigenvalue weighted by atomic mass is 79.9. The van der Waals surface area contributed by atoms with E-state index in [1.807, 2.05) is 0 Å². The zero-order valence-electron chi connectivity index (χ0n) is 12.0. The Bertz CT molecular complexity index is 806. The van der Waals surface area contributed by atoms with E-state index in [-0.39, 0.29) is 4.83 Å². The van der Waals surface area contributed by atoms with Gasteiger partial charge >= 0.3 is 0 Å². The minimum atomic E-state index is 0.195. The summed E-state index contributed by atoms with van der Waals surface area (Å²) in [6.45, 7) is 4.35. The molecule has 3 aromatic carbocycles. The molecule has 0 bridgehead atoms. The normalized spacial score (nSPS) is 12.6. The minimum Gasteiger partial charge on any atom is -0.0786 e. The zero-order chi connectivity index (χ0) is 15.0. The van der Waals surface area contributed by atoms with Crippen molar-refractivity contribution in [1.82, 2.24) is 0 Å². The Hall–Kier alpha value is -1.12. The number of hydrogen-bond acceptors (Lipinski definition) is 0. The van der Waals surface area contributed by atoms with E-state index in [0.717, 1.165) is 4.47 Å². The van der Waals surface area contributed by atoms with E-state index in [1.165, 1.54) is 33.0 Å². The maximum Gasteiger partial charge on any atom is 0.0656 e. The van der Waals surface area contributed by atoms with Crippen molar-refractivity contribution in [2.24, 2.45) is 0 Å². The van der Waals surface area contributed by atoms with Gasteiger partial charge in [-0.15, -0.1) is 0 Å². The topological polar surface area (TPSA) is 0 Å². The van der Waals surface area contributed by atoms with E-state index in [4.69, 9.17) is 0 Å². The monoisotopic (exact) mass is 402 g/mol. The fourth-order valence-electron chi connectivity index (χ4n) is 2.78. The van der Waals surface area contributed by atoms with Gasteiger partial charge in [0.25, 0.3) is 0 Å². The molecule has 0 N–H and O–H groups in total. The van der Waals surface area contributed by atoms with E-state index in [0.29, 0.717) is 0 Å². The molecule has 0 aliphatic carbocycles. The number of rotatable bonds is 2. The fourth-order valence-corrected chi connectivity index (χ4v) is 4.26. The number of benzene rings is 3. The Balaban J connectivity index is 2.24. The zero-order valence-corrected chi connectivity index (χ0v) is 15.2. The lowest BCUT2D eigenvalue weighted by Crippen LogP contribution is -2.00. The molecule has 0 saturated carbocycles. The van der Waals surface area contributed by atoms with Crippen LogP contribution in [-0.2, 0) is 0 Å². The van der Waals surface area contributed by atoms with Crippen molar-refractivity contribution in [3.8, 4) is 0 Å². The molecule has 3 rings (SSSR count). The van der Waals surface area contributed by atoms with Gasteiger partial charge in [-0.3, -0.25) is 0 Å². The SMILES string of the molecule is Cc1ccc(Br)cc1C(Br)c1c(C)ccc2ccccc12. The van der Waals surface area contributed by atoms with Gasteiger partial charge in [-0.1, -0.05) is 74.3 Å². The number of hydrogen-bond donors (Lipinski definition) is 0. The number of aryl methyl sites for hydroxylation is 2. The van der Waals surface area contributed by atoms with Gasteiger partial charge in [0.1, 0.15) is 0 Å². The van der Waals surface area contributed by atoms with Crippen LogP contribution in [0.1, 0.15) is 27.1 Å². The van der Waals surface area contributed by atoms with Crippen LogP contribution in [0, 0.1) is 13.8 Å². The Morgan fingerprint density at radius 3 is 2.38 bits per heavy atom. The molecule has 3 aromatic rings. The summed E-state index contributed by atoms with van der Waals surface area (Å²) in [6.07, 6.45) is 0. The van der Waals surface area contributed by atoms with Gasteiger partial charge in [-0.05, 0) is 59.0 Å². The summed E-state index contributed by atoms with van der Waals surface area (Å²) in [5, 5.41) is 2.61. The first kappa shape index (κ1) is 14.8. The highest BCUT2D eigenvalue weighted by Gasteiger charge is 2.17. The minimum absolute atomic E-state index is 0.195. The molecular formula is C19H16Br2. The summed E-state index contributed by atoms with van der Waals surface area (Å²) >= 11 is 7.51. The average molecular weight is 404 g/mol. The highest BCUT2D eigenvalue weighted by Crippen LogP contribution is 2.39. The summed E-state index contributed by atoms with van der Waals surface area (Å²) in [5.74, 6) is 0. The second kappa shape index (κ2) is 5.94. The number of alkyl halides is 1. The summed E-state index contributed by atoms with van der Waals surface area (Å²) < 4.78 is 1.12. The van der Waals surface area contributed by atoms with Crippen LogP contribution < -0.4 is 0 Å². The summed E-state index contributed by atoms with van der Waals surface area (Å²) in [6, 6.07) is 19.4. The molecule has 1 atom stereocenters. The smallest absolute Gasteiger partial charge is 0.0656 e. The van der Waals surface area contributed by atoms with E-state index in [2.05, 4.69) is 100 Å². The lowest BCUT2D eigenvalue weighted by atomic mass is 9.92. The third kappa shape index (κ3) is 2.79. The molecular weight excluding hydrogens is 388 g/mol. The van der Waals surface area contributed by atoms with E-state index >= 15 is 0 Å². The largest absolute Gasteiger partial charge is 0.0786 e. The molecule has 21 heavy (non-hydrogen) atoms. The first-order chi connectivity index (χ1) is 10.1. The molecule has 0 aliphatic heterocycles. The second-order valence-electron chi connectivity index (χ2n) is 5.38. The Morgan fingerprint density at radius 1 is 0.857 bits per heavy atom.